The van der Waals surface area contributed by atoms with E-state index in [4.69, 9.17) is 9.47 Å². The molecule has 1 amide bonds. The number of rotatable bonds is 2. The third-order valence-electron chi connectivity index (χ3n) is 5.06. The molecule has 2 fully saturated rings. The van der Waals surface area contributed by atoms with E-state index in [1.165, 1.54) is 4.90 Å². The van der Waals surface area contributed by atoms with Crippen molar-refractivity contribution in [2.45, 2.75) is 57.5 Å². The SMILES string of the molecule is CC(C)(C)OC(=O)N1C2COCC1CC(C(=O)c1cccc(F)c1C(F)(F)F)C2. The number of benzene rings is 1. The molecular weight excluding hydrogens is 394 g/mol. The fraction of sp³-hybridized carbons (Fsp3) is 0.600. The van der Waals surface area contributed by atoms with Crippen LogP contribution in [-0.4, -0.2) is 47.7 Å². The van der Waals surface area contributed by atoms with Crippen molar-refractivity contribution in [2.24, 2.45) is 5.92 Å². The number of halogens is 4. The zero-order valence-electron chi connectivity index (χ0n) is 16.4. The van der Waals surface area contributed by atoms with E-state index in [1.807, 2.05) is 0 Å². The first-order valence-electron chi connectivity index (χ1n) is 9.37. The van der Waals surface area contributed by atoms with Crippen LogP contribution in [0, 0.1) is 11.7 Å². The Kier molecular flexibility index (Phi) is 5.64. The standard InChI is InChI=1S/C20H23F4NO4/c1-19(2,3)29-18(27)25-12-7-11(8-13(25)10-28-9-12)17(26)14-5-4-6-15(21)16(14)20(22,23)24/h4-6,11-13H,7-10H2,1-3H3. The van der Waals surface area contributed by atoms with Gasteiger partial charge < -0.3 is 9.47 Å². The first-order valence-corrected chi connectivity index (χ1v) is 9.37. The summed E-state index contributed by atoms with van der Waals surface area (Å²) in [4.78, 5) is 27.0. The van der Waals surface area contributed by atoms with Gasteiger partial charge in [0.05, 0.1) is 25.3 Å². The number of fused-ring (bicyclic) bond motifs is 2. The number of carbonyl (C=O) groups is 2. The number of piperidine rings is 1. The number of carbonyl (C=O) groups excluding carboxylic acids is 2. The molecule has 2 bridgehead atoms. The van der Waals surface area contributed by atoms with Crippen LogP contribution in [0.4, 0.5) is 22.4 Å². The first-order chi connectivity index (χ1) is 13.4. The van der Waals surface area contributed by atoms with Crippen molar-refractivity contribution in [3.05, 3.63) is 35.1 Å². The van der Waals surface area contributed by atoms with Gasteiger partial charge in [0.2, 0.25) is 0 Å². The summed E-state index contributed by atoms with van der Waals surface area (Å²) in [6.45, 7) is 5.52. The van der Waals surface area contributed by atoms with E-state index in [0.717, 1.165) is 12.1 Å². The molecule has 29 heavy (non-hydrogen) atoms. The molecule has 1 aromatic carbocycles. The Balaban J connectivity index is 1.85. The molecule has 2 aliphatic heterocycles. The van der Waals surface area contributed by atoms with Crippen LogP contribution >= 0.6 is 0 Å². The average Bonchev–Trinajstić information content (AvgIpc) is 2.57. The molecule has 2 saturated heterocycles. The van der Waals surface area contributed by atoms with E-state index >= 15 is 0 Å². The molecule has 5 nitrogen and oxygen atoms in total. The van der Waals surface area contributed by atoms with E-state index in [1.54, 1.807) is 20.8 Å². The lowest BCUT2D eigenvalue weighted by molar-refractivity contribution is -0.140. The highest BCUT2D eigenvalue weighted by molar-refractivity contribution is 5.99. The highest BCUT2D eigenvalue weighted by atomic mass is 19.4. The lowest BCUT2D eigenvalue weighted by Crippen LogP contribution is -2.60. The Morgan fingerprint density at radius 1 is 1.10 bits per heavy atom. The van der Waals surface area contributed by atoms with Crippen LogP contribution in [0.2, 0.25) is 0 Å². The van der Waals surface area contributed by atoms with Gasteiger partial charge in [-0.05, 0) is 39.7 Å². The summed E-state index contributed by atoms with van der Waals surface area (Å²) >= 11 is 0. The largest absolute Gasteiger partial charge is 0.444 e. The van der Waals surface area contributed by atoms with Gasteiger partial charge >= 0.3 is 12.3 Å². The minimum absolute atomic E-state index is 0.127. The number of hydrogen-bond donors (Lipinski definition) is 0. The normalized spacial score (nSPS) is 24.9. The molecule has 2 aliphatic rings. The van der Waals surface area contributed by atoms with Gasteiger partial charge in [-0.15, -0.1) is 0 Å². The monoisotopic (exact) mass is 417 g/mol. The number of nitrogens with zero attached hydrogens (tertiary/aromatic N) is 1. The quantitative estimate of drug-likeness (QED) is 0.527. The third kappa shape index (κ3) is 4.55. The van der Waals surface area contributed by atoms with Gasteiger partial charge in [0.25, 0.3) is 0 Å². The lowest BCUT2D eigenvalue weighted by atomic mass is 9.80. The summed E-state index contributed by atoms with van der Waals surface area (Å²) in [7, 11) is 0. The number of amides is 1. The van der Waals surface area contributed by atoms with Gasteiger partial charge in [0.1, 0.15) is 17.0 Å². The Morgan fingerprint density at radius 2 is 1.69 bits per heavy atom. The molecule has 0 aliphatic carbocycles. The number of morpholine rings is 1. The van der Waals surface area contributed by atoms with Crippen LogP contribution in [0.25, 0.3) is 0 Å². The Morgan fingerprint density at radius 3 is 2.21 bits per heavy atom. The molecule has 9 heteroatoms. The minimum Gasteiger partial charge on any atom is -0.444 e. The Hall–Kier alpha value is -2.16. The molecule has 3 rings (SSSR count). The summed E-state index contributed by atoms with van der Waals surface area (Å²) in [5.74, 6) is -3.01. The molecule has 1 aromatic rings. The number of hydrogen-bond acceptors (Lipinski definition) is 4. The zero-order valence-corrected chi connectivity index (χ0v) is 16.4. The van der Waals surface area contributed by atoms with Crippen LogP contribution < -0.4 is 0 Å². The van der Waals surface area contributed by atoms with E-state index in [-0.39, 0.29) is 26.1 Å². The van der Waals surface area contributed by atoms with Crippen LogP contribution in [0.1, 0.15) is 49.5 Å². The molecule has 2 heterocycles. The van der Waals surface area contributed by atoms with Crippen LogP contribution in [0.3, 0.4) is 0 Å². The minimum atomic E-state index is -4.98. The third-order valence-corrected chi connectivity index (χ3v) is 5.06. The lowest BCUT2D eigenvalue weighted by Gasteiger charge is -2.47. The Labute approximate surface area is 166 Å². The number of ketones is 1. The number of Topliss-reactive ketones (excluding diaryl/α,β-unsaturated/α-hetero) is 1. The van der Waals surface area contributed by atoms with Crippen molar-refractivity contribution in [2.75, 3.05) is 13.2 Å². The highest BCUT2D eigenvalue weighted by Gasteiger charge is 2.47. The van der Waals surface area contributed by atoms with Crippen molar-refractivity contribution < 1.29 is 36.6 Å². The van der Waals surface area contributed by atoms with Gasteiger partial charge in [0, 0.05) is 11.5 Å². The van der Waals surface area contributed by atoms with Crippen molar-refractivity contribution in [1.29, 1.82) is 0 Å². The summed E-state index contributed by atoms with van der Waals surface area (Å²) < 4.78 is 64.7. The maximum absolute atomic E-state index is 13.9. The van der Waals surface area contributed by atoms with E-state index < -0.39 is 58.6 Å². The average molecular weight is 417 g/mol. The smallest absolute Gasteiger partial charge is 0.419 e. The van der Waals surface area contributed by atoms with E-state index in [9.17, 15) is 27.2 Å². The highest BCUT2D eigenvalue weighted by Crippen LogP contribution is 2.39. The van der Waals surface area contributed by atoms with Gasteiger partial charge in [-0.3, -0.25) is 9.69 Å². The van der Waals surface area contributed by atoms with E-state index in [2.05, 4.69) is 0 Å². The molecule has 2 atom stereocenters. The summed E-state index contributed by atoms with van der Waals surface area (Å²) in [6.07, 6.45) is -5.26. The summed E-state index contributed by atoms with van der Waals surface area (Å²) in [6, 6.07) is 1.80. The Bertz CT molecular complexity index is 789. The van der Waals surface area contributed by atoms with Gasteiger partial charge in [-0.1, -0.05) is 12.1 Å². The van der Waals surface area contributed by atoms with Gasteiger partial charge in [0.15, 0.2) is 5.78 Å². The molecule has 160 valence electrons. The van der Waals surface area contributed by atoms with Crippen LogP contribution in [0.5, 0.6) is 0 Å². The molecule has 0 aromatic heterocycles. The van der Waals surface area contributed by atoms with Gasteiger partial charge in [-0.25, -0.2) is 9.18 Å². The molecular formula is C20H23F4NO4. The summed E-state index contributed by atoms with van der Waals surface area (Å²) in [5.41, 5.74) is -2.92. The second-order valence-corrected chi connectivity index (χ2v) is 8.43. The van der Waals surface area contributed by atoms with Crippen molar-refractivity contribution >= 4 is 11.9 Å². The van der Waals surface area contributed by atoms with Crippen molar-refractivity contribution in [3.63, 3.8) is 0 Å². The second-order valence-electron chi connectivity index (χ2n) is 8.43. The molecule has 0 saturated carbocycles. The number of alkyl halides is 3. The van der Waals surface area contributed by atoms with Crippen molar-refractivity contribution in [3.8, 4) is 0 Å². The first kappa shape index (κ1) is 21.5. The van der Waals surface area contributed by atoms with Gasteiger partial charge in [-0.2, -0.15) is 13.2 Å². The molecule has 0 spiro atoms. The fourth-order valence-corrected chi connectivity index (χ4v) is 3.98. The maximum Gasteiger partial charge on any atom is 0.419 e. The topological polar surface area (TPSA) is 55.8 Å². The van der Waals surface area contributed by atoms with Crippen LogP contribution in [0.15, 0.2) is 18.2 Å². The van der Waals surface area contributed by atoms with Crippen LogP contribution in [-0.2, 0) is 15.7 Å². The predicted octanol–water partition coefficient (Wildman–Crippen LogP) is 4.44. The fourth-order valence-electron chi connectivity index (χ4n) is 3.98. The molecule has 2 unspecified atom stereocenters. The zero-order chi connectivity index (χ0) is 21.6. The molecule has 0 radical (unpaired) electrons. The maximum atomic E-state index is 13.9. The summed E-state index contributed by atoms with van der Waals surface area (Å²) in [5, 5.41) is 0. The number of ether oxygens (including phenoxy) is 2. The van der Waals surface area contributed by atoms with Crippen molar-refractivity contribution in [1.82, 2.24) is 4.90 Å². The predicted molar refractivity (Wildman–Crippen MR) is 94.9 cm³/mol. The van der Waals surface area contributed by atoms with E-state index in [0.29, 0.717) is 6.07 Å². The molecule has 0 N–H and O–H groups in total. The second kappa shape index (κ2) is 7.59.